The van der Waals surface area contributed by atoms with E-state index in [2.05, 4.69) is 5.32 Å². The lowest BCUT2D eigenvalue weighted by atomic mass is 10.1. The summed E-state index contributed by atoms with van der Waals surface area (Å²) in [5.74, 6) is -0.856. The molecule has 0 aromatic carbocycles. The number of carbonyl (C=O) groups is 1. The van der Waals surface area contributed by atoms with Gasteiger partial charge in [0.2, 0.25) is 0 Å². The Morgan fingerprint density at radius 1 is 1.78 bits per heavy atom. The quantitative estimate of drug-likeness (QED) is 0.581. The zero-order valence-electron chi connectivity index (χ0n) is 6.72. The van der Waals surface area contributed by atoms with Crippen molar-refractivity contribution < 1.29 is 11.3 Å². The zero-order chi connectivity index (χ0) is 8.15. The summed E-state index contributed by atoms with van der Waals surface area (Å²) in [6, 6.07) is -0.586. The van der Waals surface area contributed by atoms with Gasteiger partial charge in [0.15, 0.2) is 0 Å². The van der Waals surface area contributed by atoms with E-state index in [1.165, 1.54) is 0 Å². The Bertz CT molecular complexity index is 116. The maximum Gasteiger partial charge on any atom is 0.320 e. The number of rotatable bonds is 3. The van der Waals surface area contributed by atoms with Gasteiger partial charge >= 0.3 is 5.97 Å². The van der Waals surface area contributed by atoms with Crippen molar-refractivity contribution in [3.63, 3.8) is 0 Å². The molecule has 0 amide bonds. The zero-order valence-corrected chi connectivity index (χ0v) is 5.72. The van der Waals surface area contributed by atoms with Crippen LogP contribution in [0, 0.1) is 5.92 Å². The van der Waals surface area contributed by atoms with Crippen molar-refractivity contribution >= 4 is 5.97 Å². The van der Waals surface area contributed by atoms with Crippen LogP contribution in [0.1, 0.15) is 15.2 Å². The van der Waals surface area contributed by atoms with Gasteiger partial charge in [-0.1, -0.05) is 13.8 Å². The van der Waals surface area contributed by atoms with E-state index in [9.17, 15) is 4.79 Å². The first-order chi connectivity index (χ1) is 4.59. The number of carboxylic acid groups (broad SMARTS) is 1. The van der Waals surface area contributed by atoms with Crippen LogP contribution < -0.4 is 5.32 Å². The molecule has 0 aromatic heterocycles. The number of nitrogens with one attached hydrogen (secondary N) is 1. The average molecular weight is 132 g/mol. The molecule has 0 spiro atoms. The summed E-state index contributed by atoms with van der Waals surface area (Å²) in [5.41, 5.74) is 0. The van der Waals surface area contributed by atoms with Crippen molar-refractivity contribution in [3.8, 4) is 0 Å². The topological polar surface area (TPSA) is 49.3 Å². The molecule has 1 atom stereocenters. The normalized spacial score (nSPS) is 15.2. The standard InChI is InChI=1S/C6H13NO2/c1-4(2)5(7-3)6(8)9/h4-5,7H,1-3H3,(H,8,9)/t5-/m0/s1/i3D. The van der Waals surface area contributed by atoms with Gasteiger partial charge in [-0.25, -0.2) is 0 Å². The number of hydrogen-bond donors (Lipinski definition) is 2. The summed E-state index contributed by atoms with van der Waals surface area (Å²) in [7, 11) is -0.0465. The van der Waals surface area contributed by atoms with Crippen LogP contribution in [0.25, 0.3) is 0 Å². The van der Waals surface area contributed by atoms with Crippen LogP contribution >= 0.6 is 0 Å². The Balaban J connectivity index is 3.85. The van der Waals surface area contributed by atoms with Crippen molar-refractivity contribution in [2.24, 2.45) is 5.92 Å². The van der Waals surface area contributed by atoms with E-state index in [0.717, 1.165) is 0 Å². The van der Waals surface area contributed by atoms with Crippen LogP contribution in [0.2, 0.25) is 0 Å². The Hall–Kier alpha value is -0.570. The van der Waals surface area contributed by atoms with Crippen molar-refractivity contribution in [3.05, 3.63) is 0 Å². The summed E-state index contributed by atoms with van der Waals surface area (Å²) >= 11 is 0. The van der Waals surface area contributed by atoms with Crippen molar-refractivity contribution in [2.45, 2.75) is 19.9 Å². The largest absolute Gasteiger partial charge is 0.480 e. The van der Waals surface area contributed by atoms with Crippen LogP contribution in [-0.2, 0) is 4.79 Å². The molecular weight excluding hydrogens is 118 g/mol. The van der Waals surface area contributed by atoms with Gasteiger partial charge in [0.05, 0.1) is 0 Å². The SMILES string of the molecule is [2H]CN[C@H](C(=O)O)C(C)C. The van der Waals surface area contributed by atoms with E-state index in [0.29, 0.717) is 0 Å². The third-order valence-corrected chi connectivity index (χ3v) is 1.15. The minimum atomic E-state index is -0.887. The Morgan fingerprint density at radius 2 is 2.33 bits per heavy atom. The molecule has 0 fully saturated rings. The average Bonchev–Trinajstić information content (AvgIpc) is 1.81. The summed E-state index contributed by atoms with van der Waals surface area (Å²) < 4.78 is 6.75. The van der Waals surface area contributed by atoms with Gasteiger partial charge in [-0.3, -0.25) is 4.79 Å². The van der Waals surface area contributed by atoms with Crippen LogP contribution in [0.4, 0.5) is 0 Å². The van der Waals surface area contributed by atoms with E-state index >= 15 is 0 Å². The monoisotopic (exact) mass is 132 g/mol. The fourth-order valence-corrected chi connectivity index (χ4v) is 0.608. The molecule has 3 heteroatoms. The molecule has 0 aromatic rings. The smallest absolute Gasteiger partial charge is 0.320 e. The van der Waals surface area contributed by atoms with Gasteiger partial charge in [0.1, 0.15) is 6.04 Å². The molecule has 0 aliphatic carbocycles. The van der Waals surface area contributed by atoms with Gasteiger partial charge in [-0.15, -0.1) is 0 Å². The van der Waals surface area contributed by atoms with Gasteiger partial charge < -0.3 is 10.4 Å². The number of hydrogen-bond acceptors (Lipinski definition) is 2. The lowest BCUT2D eigenvalue weighted by molar-refractivity contribution is -0.140. The highest BCUT2D eigenvalue weighted by atomic mass is 16.4. The maximum absolute atomic E-state index is 10.4. The molecule has 0 saturated carbocycles. The first-order valence-electron chi connectivity index (χ1n) is 3.55. The minimum absolute atomic E-state index is 0.0304. The predicted molar refractivity (Wildman–Crippen MR) is 35.3 cm³/mol. The number of likely N-dealkylation sites (N-methyl/N-ethyl adjacent to an activating group) is 1. The lowest BCUT2D eigenvalue weighted by Gasteiger charge is -2.13. The van der Waals surface area contributed by atoms with Gasteiger partial charge in [0, 0.05) is 1.37 Å². The molecular formula is C6H13NO2. The summed E-state index contributed by atoms with van der Waals surface area (Å²) in [5, 5.41) is 11.1. The van der Waals surface area contributed by atoms with Crippen LogP contribution in [0.3, 0.4) is 0 Å². The molecule has 0 bridgehead atoms. The first-order valence-corrected chi connectivity index (χ1v) is 2.85. The third kappa shape index (κ3) is 2.46. The van der Waals surface area contributed by atoms with Crippen LogP contribution in [-0.4, -0.2) is 24.1 Å². The predicted octanol–water partition coefficient (Wildman–Crippen LogP) is 0.315. The summed E-state index contributed by atoms with van der Waals surface area (Å²) in [6.45, 7) is 3.61. The van der Waals surface area contributed by atoms with Crippen molar-refractivity contribution in [1.82, 2.24) is 5.32 Å². The number of carboxylic acids is 1. The Morgan fingerprint density at radius 3 is 2.44 bits per heavy atom. The summed E-state index contributed by atoms with van der Waals surface area (Å²) in [4.78, 5) is 10.4. The van der Waals surface area contributed by atoms with Gasteiger partial charge in [0.25, 0.3) is 0 Å². The second kappa shape index (κ2) is 3.45. The lowest BCUT2D eigenvalue weighted by Crippen LogP contribution is -2.38. The molecule has 3 nitrogen and oxygen atoms in total. The molecule has 54 valence electrons. The first kappa shape index (κ1) is 6.55. The highest BCUT2D eigenvalue weighted by Gasteiger charge is 2.17. The van der Waals surface area contributed by atoms with E-state index in [4.69, 9.17) is 6.48 Å². The molecule has 2 N–H and O–H groups in total. The van der Waals surface area contributed by atoms with E-state index < -0.39 is 12.0 Å². The molecule has 0 heterocycles. The molecule has 0 radical (unpaired) electrons. The van der Waals surface area contributed by atoms with Gasteiger partial charge in [-0.2, -0.15) is 0 Å². The number of aliphatic carboxylic acids is 1. The van der Waals surface area contributed by atoms with Crippen molar-refractivity contribution in [1.29, 1.82) is 0 Å². The maximum atomic E-state index is 10.4. The molecule has 0 saturated heterocycles. The molecule has 9 heavy (non-hydrogen) atoms. The van der Waals surface area contributed by atoms with Crippen LogP contribution in [0.15, 0.2) is 0 Å². The van der Waals surface area contributed by atoms with E-state index in [-0.39, 0.29) is 12.9 Å². The van der Waals surface area contributed by atoms with Gasteiger partial charge in [-0.05, 0) is 12.9 Å². The van der Waals surface area contributed by atoms with E-state index in [1.54, 1.807) is 13.8 Å². The fraction of sp³-hybridized carbons (Fsp3) is 0.833. The molecule has 0 rings (SSSR count). The van der Waals surface area contributed by atoms with Crippen LogP contribution in [0.5, 0.6) is 0 Å². The molecule has 0 aliphatic heterocycles. The minimum Gasteiger partial charge on any atom is -0.480 e. The fourth-order valence-electron chi connectivity index (χ4n) is 0.608. The summed E-state index contributed by atoms with van der Waals surface area (Å²) in [6.07, 6.45) is 0. The Labute approximate surface area is 56.5 Å². The third-order valence-electron chi connectivity index (χ3n) is 1.15. The highest BCUT2D eigenvalue weighted by Crippen LogP contribution is 1.99. The highest BCUT2D eigenvalue weighted by molar-refractivity contribution is 5.73. The van der Waals surface area contributed by atoms with E-state index in [1.807, 2.05) is 0 Å². The second-order valence-electron chi connectivity index (χ2n) is 2.26. The molecule has 0 aliphatic rings. The molecule has 0 unspecified atom stereocenters. The Kier molecular flexibility index (Phi) is 2.51. The second-order valence-corrected chi connectivity index (χ2v) is 2.26. The van der Waals surface area contributed by atoms with Crippen molar-refractivity contribution in [2.75, 3.05) is 7.02 Å².